The minimum Gasteiger partial charge on any atom is -0.492 e. The fourth-order valence-electron chi connectivity index (χ4n) is 2.62. The first-order valence-corrected chi connectivity index (χ1v) is 7.85. The molecule has 20 heavy (non-hydrogen) atoms. The summed E-state index contributed by atoms with van der Waals surface area (Å²) in [5.41, 5.74) is 10.4. The number of benzene rings is 2. The Balaban J connectivity index is 1.77. The third-order valence-corrected chi connectivity index (χ3v) is 5.12. The Labute approximate surface area is 124 Å². The molecule has 0 bridgehead atoms. The number of rotatable bonds is 3. The molecule has 1 aliphatic heterocycles. The Bertz CT molecular complexity index is 639. The molecule has 2 nitrogen and oxygen atoms in total. The maximum atomic E-state index is 6.10. The second kappa shape index (κ2) is 5.41. The zero-order valence-corrected chi connectivity index (χ0v) is 12.7. The van der Waals surface area contributed by atoms with Crippen molar-refractivity contribution in [3.05, 3.63) is 53.1 Å². The number of fused-ring (bicyclic) bond motifs is 1. The number of thioether (sulfide) groups is 1. The average molecular weight is 285 g/mol. The van der Waals surface area contributed by atoms with Gasteiger partial charge < -0.3 is 10.5 Å². The highest BCUT2D eigenvalue weighted by Gasteiger charge is 2.23. The van der Waals surface area contributed by atoms with Crippen molar-refractivity contribution >= 4 is 17.4 Å². The van der Waals surface area contributed by atoms with Crippen molar-refractivity contribution in [1.82, 2.24) is 0 Å². The van der Waals surface area contributed by atoms with Crippen molar-refractivity contribution in [2.75, 3.05) is 18.1 Å². The predicted octanol–water partition coefficient (Wildman–Crippen LogP) is 4.15. The van der Waals surface area contributed by atoms with E-state index in [1.807, 2.05) is 30.8 Å². The van der Waals surface area contributed by atoms with Gasteiger partial charge >= 0.3 is 0 Å². The Morgan fingerprint density at radius 2 is 2.00 bits per heavy atom. The highest BCUT2D eigenvalue weighted by atomic mass is 32.2. The molecule has 0 saturated carbocycles. The van der Waals surface area contributed by atoms with Crippen LogP contribution in [0.4, 0.5) is 5.69 Å². The minimum absolute atomic E-state index is 0.469. The fourth-order valence-corrected chi connectivity index (χ4v) is 3.85. The Morgan fingerprint density at radius 1 is 1.20 bits per heavy atom. The maximum absolute atomic E-state index is 6.10. The van der Waals surface area contributed by atoms with E-state index < -0.39 is 0 Å². The van der Waals surface area contributed by atoms with Crippen LogP contribution in [-0.4, -0.2) is 12.4 Å². The number of nitrogen functional groups attached to an aromatic ring is 1. The maximum Gasteiger partial charge on any atom is 0.127 e. The number of anilines is 1. The predicted molar refractivity (Wildman–Crippen MR) is 85.7 cm³/mol. The normalized spacial score (nSPS) is 17.0. The van der Waals surface area contributed by atoms with Gasteiger partial charge in [0.2, 0.25) is 0 Å². The fraction of sp³-hybridized carbons (Fsp3) is 0.294. The van der Waals surface area contributed by atoms with Gasteiger partial charge in [-0.1, -0.05) is 24.3 Å². The summed E-state index contributed by atoms with van der Waals surface area (Å²) in [4.78, 5) is 1.39. The largest absolute Gasteiger partial charge is 0.492 e. The molecule has 1 aliphatic rings. The number of hydrogen-bond acceptors (Lipinski definition) is 3. The van der Waals surface area contributed by atoms with E-state index in [0.29, 0.717) is 5.92 Å². The molecule has 2 aromatic carbocycles. The summed E-state index contributed by atoms with van der Waals surface area (Å²) in [5.74, 6) is 2.51. The van der Waals surface area contributed by atoms with Crippen molar-refractivity contribution in [3.63, 3.8) is 0 Å². The van der Waals surface area contributed by atoms with E-state index in [1.165, 1.54) is 10.5 Å². The summed E-state index contributed by atoms with van der Waals surface area (Å²) in [6, 6.07) is 12.6. The highest BCUT2D eigenvalue weighted by Crippen LogP contribution is 2.40. The van der Waals surface area contributed by atoms with Crippen molar-refractivity contribution in [2.45, 2.75) is 24.7 Å². The molecule has 2 aromatic rings. The third kappa shape index (κ3) is 2.38. The van der Waals surface area contributed by atoms with Crippen LogP contribution in [0.15, 0.2) is 41.3 Å². The molecule has 0 fully saturated rings. The first-order valence-electron chi connectivity index (χ1n) is 6.87. The highest BCUT2D eigenvalue weighted by molar-refractivity contribution is 7.99. The van der Waals surface area contributed by atoms with Crippen LogP contribution in [-0.2, 0) is 0 Å². The molecular weight excluding hydrogens is 266 g/mol. The molecule has 0 amide bonds. The summed E-state index contributed by atoms with van der Waals surface area (Å²) in [6.45, 7) is 4.81. The van der Waals surface area contributed by atoms with Crippen LogP contribution < -0.4 is 10.5 Å². The molecule has 0 aliphatic carbocycles. The molecule has 1 atom stereocenters. The lowest BCUT2D eigenvalue weighted by atomic mass is 10.0. The van der Waals surface area contributed by atoms with Crippen molar-refractivity contribution in [3.8, 4) is 5.75 Å². The zero-order chi connectivity index (χ0) is 14.1. The monoisotopic (exact) mass is 285 g/mol. The van der Waals surface area contributed by atoms with E-state index in [9.17, 15) is 0 Å². The van der Waals surface area contributed by atoms with Gasteiger partial charge in [0.15, 0.2) is 0 Å². The van der Waals surface area contributed by atoms with Gasteiger partial charge in [-0.2, -0.15) is 0 Å². The van der Waals surface area contributed by atoms with Crippen molar-refractivity contribution in [2.24, 2.45) is 0 Å². The lowest BCUT2D eigenvalue weighted by Gasteiger charge is -2.17. The molecule has 3 heteroatoms. The van der Waals surface area contributed by atoms with Crippen LogP contribution in [0.2, 0.25) is 0 Å². The molecule has 0 aromatic heterocycles. The summed E-state index contributed by atoms with van der Waals surface area (Å²) >= 11 is 1.92. The van der Waals surface area contributed by atoms with E-state index in [-0.39, 0.29) is 0 Å². The number of ether oxygens (including phenoxy) is 1. The number of hydrogen-bond donors (Lipinski definition) is 1. The van der Waals surface area contributed by atoms with Crippen molar-refractivity contribution in [1.29, 1.82) is 0 Å². The smallest absolute Gasteiger partial charge is 0.127 e. The lowest BCUT2D eigenvalue weighted by Crippen LogP contribution is -2.11. The van der Waals surface area contributed by atoms with Crippen LogP contribution in [0, 0.1) is 13.8 Å². The summed E-state index contributed by atoms with van der Waals surface area (Å²) in [6.07, 6.45) is 0. The first-order chi connectivity index (χ1) is 9.66. The van der Waals surface area contributed by atoms with Crippen LogP contribution in [0.1, 0.15) is 22.6 Å². The van der Waals surface area contributed by atoms with Gasteiger partial charge in [0, 0.05) is 27.8 Å². The van der Waals surface area contributed by atoms with Gasteiger partial charge in [0.05, 0.1) is 6.61 Å². The van der Waals surface area contributed by atoms with E-state index in [1.54, 1.807) is 0 Å². The Morgan fingerprint density at radius 3 is 2.85 bits per heavy atom. The van der Waals surface area contributed by atoms with Crippen LogP contribution in [0.5, 0.6) is 5.75 Å². The van der Waals surface area contributed by atoms with Gasteiger partial charge in [-0.3, -0.25) is 0 Å². The van der Waals surface area contributed by atoms with E-state index in [4.69, 9.17) is 10.5 Å². The number of nitrogens with two attached hydrogens (primary N) is 1. The van der Waals surface area contributed by atoms with Crippen LogP contribution >= 0.6 is 11.8 Å². The minimum atomic E-state index is 0.469. The molecule has 0 saturated heterocycles. The Hall–Kier alpha value is -1.61. The van der Waals surface area contributed by atoms with Gasteiger partial charge in [-0.05, 0) is 37.1 Å². The van der Waals surface area contributed by atoms with E-state index >= 15 is 0 Å². The van der Waals surface area contributed by atoms with Gasteiger partial charge in [-0.15, -0.1) is 11.8 Å². The topological polar surface area (TPSA) is 35.2 Å². The van der Waals surface area contributed by atoms with Gasteiger partial charge in [0.1, 0.15) is 5.75 Å². The van der Waals surface area contributed by atoms with Gasteiger partial charge in [0.25, 0.3) is 0 Å². The molecule has 0 radical (unpaired) electrons. The molecule has 1 heterocycles. The van der Waals surface area contributed by atoms with Gasteiger partial charge in [-0.25, -0.2) is 0 Å². The molecule has 1 unspecified atom stereocenters. The number of aryl methyl sites for hydroxylation is 1. The third-order valence-electron chi connectivity index (χ3n) is 3.87. The summed E-state index contributed by atoms with van der Waals surface area (Å²) < 4.78 is 6.10. The summed E-state index contributed by atoms with van der Waals surface area (Å²) in [7, 11) is 0. The Kier molecular flexibility index (Phi) is 3.62. The molecule has 2 N–H and O–H groups in total. The standard InChI is InChI=1S/C17H19NOS/c1-11-7-8-15(18)12(2)17(11)19-9-13-10-20-16-6-4-3-5-14(13)16/h3-8,13H,9-10,18H2,1-2H3. The van der Waals surface area contributed by atoms with Crippen LogP contribution in [0.3, 0.4) is 0 Å². The average Bonchev–Trinajstić information content (AvgIpc) is 2.87. The van der Waals surface area contributed by atoms with E-state index in [2.05, 4.69) is 31.2 Å². The van der Waals surface area contributed by atoms with Crippen LogP contribution in [0.25, 0.3) is 0 Å². The van der Waals surface area contributed by atoms with Crippen molar-refractivity contribution < 1.29 is 4.74 Å². The lowest BCUT2D eigenvalue weighted by molar-refractivity contribution is 0.294. The molecule has 104 valence electrons. The SMILES string of the molecule is Cc1ccc(N)c(C)c1OCC1CSc2ccccc21. The zero-order valence-electron chi connectivity index (χ0n) is 11.8. The molecule has 3 rings (SSSR count). The molecular formula is C17H19NOS. The molecule has 0 spiro atoms. The second-order valence-electron chi connectivity index (χ2n) is 5.28. The quantitative estimate of drug-likeness (QED) is 0.860. The second-order valence-corrected chi connectivity index (χ2v) is 6.34. The first kappa shape index (κ1) is 13.4. The van der Waals surface area contributed by atoms with E-state index in [0.717, 1.165) is 34.9 Å². The summed E-state index contributed by atoms with van der Waals surface area (Å²) in [5, 5.41) is 0.